The Balaban J connectivity index is 1.41. The van der Waals surface area contributed by atoms with Crippen molar-refractivity contribution in [1.29, 1.82) is 0 Å². The van der Waals surface area contributed by atoms with Crippen LogP contribution in [0.4, 0.5) is 5.82 Å². The lowest BCUT2D eigenvalue weighted by Crippen LogP contribution is -2.70. The monoisotopic (exact) mass is 377 g/mol. The van der Waals surface area contributed by atoms with E-state index in [9.17, 15) is 4.79 Å². The predicted molar refractivity (Wildman–Crippen MR) is 102 cm³/mol. The Hall–Kier alpha value is -1.38. The third-order valence-corrected chi connectivity index (χ3v) is 6.40. The van der Waals surface area contributed by atoms with Crippen molar-refractivity contribution in [1.82, 2.24) is 19.8 Å². The third-order valence-electron chi connectivity index (χ3n) is 5.85. The lowest BCUT2D eigenvalue weighted by molar-refractivity contribution is -0.141. The number of piperidine rings is 1. The number of aromatic nitrogens is 2. The molecule has 5 heterocycles. The minimum Gasteiger partial charge on any atom is -0.378 e. The first kappa shape index (κ1) is 18.0. The summed E-state index contributed by atoms with van der Waals surface area (Å²) in [4.78, 5) is 28.6. The maximum absolute atomic E-state index is 12.6. The van der Waals surface area contributed by atoms with E-state index in [0.29, 0.717) is 31.8 Å². The van der Waals surface area contributed by atoms with E-state index >= 15 is 0 Å². The summed E-state index contributed by atoms with van der Waals surface area (Å²) in [5.74, 6) is 1.31. The van der Waals surface area contributed by atoms with Gasteiger partial charge in [-0.15, -0.1) is 0 Å². The Kier molecular flexibility index (Phi) is 5.07. The Morgan fingerprint density at radius 1 is 1.19 bits per heavy atom. The number of ether oxygens (including phenoxy) is 1. The summed E-state index contributed by atoms with van der Waals surface area (Å²) < 4.78 is 5.34. The zero-order chi connectivity index (χ0) is 18.3. The number of piperazine rings is 1. The van der Waals surface area contributed by atoms with Gasteiger partial charge in [-0.3, -0.25) is 9.69 Å². The number of thioether (sulfide) groups is 1. The number of morpholine rings is 1. The fraction of sp³-hybridized carbons (Fsp3) is 0.722. The SMILES string of the molecule is CSc1nc(C)c(C)c(N2CC3CC(C2)N3CC(=O)N2CCOCC2)n1. The summed E-state index contributed by atoms with van der Waals surface area (Å²) in [5.41, 5.74) is 2.22. The van der Waals surface area contributed by atoms with Gasteiger partial charge in [-0.05, 0) is 26.5 Å². The van der Waals surface area contributed by atoms with E-state index in [1.54, 1.807) is 11.8 Å². The Morgan fingerprint density at radius 2 is 1.88 bits per heavy atom. The highest BCUT2D eigenvalue weighted by Gasteiger charge is 2.46. The number of hydrogen-bond acceptors (Lipinski definition) is 7. The van der Waals surface area contributed by atoms with Crippen LogP contribution in [0.3, 0.4) is 0 Å². The van der Waals surface area contributed by atoms with E-state index in [1.165, 1.54) is 12.0 Å². The number of anilines is 1. The van der Waals surface area contributed by atoms with Crippen molar-refractivity contribution < 1.29 is 9.53 Å². The quantitative estimate of drug-likeness (QED) is 0.572. The maximum atomic E-state index is 12.6. The number of carbonyl (C=O) groups is 1. The van der Waals surface area contributed by atoms with E-state index in [0.717, 1.165) is 42.8 Å². The standard InChI is InChI=1S/C18H27N5O2S/c1-12-13(2)19-18(26-3)20-17(12)22-9-14-8-15(10-22)23(14)11-16(24)21-4-6-25-7-5-21/h14-15H,4-11H2,1-3H3. The van der Waals surface area contributed by atoms with Gasteiger partial charge in [0.1, 0.15) is 5.82 Å². The van der Waals surface area contributed by atoms with Gasteiger partial charge >= 0.3 is 0 Å². The molecule has 0 radical (unpaired) electrons. The summed E-state index contributed by atoms with van der Waals surface area (Å²) in [7, 11) is 0. The maximum Gasteiger partial charge on any atom is 0.236 e. The molecule has 2 bridgehead atoms. The van der Waals surface area contributed by atoms with Gasteiger partial charge in [-0.2, -0.15) is 0 Å². The molecule has 26 heavy (non-hydrogen) atoms. The third kappa shape index (κ3) is 3.30. The smallest absolute Gasteiger partial charge is 0.236 e. The minimum absolute atomic E-state index is 0.246. The molecule has 4 aliphatic heterocycles. The highest BCUT2D eigenvalue weighted by Crippen LogP contribution is 2.35. The van der Waals surface area contributed by atoms with Crippen LogP contribution in [0.1, 0.15) is 17.7 Å². The van der Waals surface area contributed by atoms with Gasteiger partial charge in [0, 0.05) is 49.5 Å². The fourth-order valence-corrected chi connectivity index (χ4v) is 4.58. The van der Waals surface area contributed by atoms with Crippen LogP contribution in [0.2, 0.25) is 0 Å². The van der Waals surface area contributed by atoms with Crippen molar-refractivity contribution in [2.75, 3.05) is 57.1 Å². The van der Waals surface area contributed by atoms with Crippen LogP contribution < -0.4 is 4.90 Å². The summed E-state index contributed by atoms with van der Waals surface area (Å²) in [6.45, 7) is 9.37. The van der Waals surface area contributed by atoms with Crippen molar-refractivity contribution in [3.8, 4) is 0 Å². The van der Waals surface area contributed by atoms with Crippen LogP contribution in [0, 0.1) is 13.8 Å². The first-order valence-corrected chi connectivity index (χ1v) is 10.5. The van der Waals surface area contributed by atoms with Crippen molar-refractivity contribution in [2.45, 2.75) is 37.5 Å². The normalized spacial score (nSPS) is 26.0. The first-order valence-electron chi connectivity index (χ1n) is 9.32. The molecule has 1 aromatic heterocycles. The molecule has 1 amide bonds. The van der Waals surface area contributed by atoms with E-state index < -0.39 is 0 Å². The van der Waals surface area contributed by atoms with Gasteiger partial charge in [0.25, 0.3) is 0 Å². The zero-order valence-corrected chi connectivity index (χ0v) is 16.6. The van der Waals surface area contributed by atoms with Crippen LogP contribution in [0.15, 0.2) is 5.16 Å². The van der Waals surface area contributed by atoms with Crippen molar-refractivity contribution in [3.05, 3.63) is 11.3 Å². The summed E-state index contributed by atoms with van der Waals surface area (Å²) in [6, 6.07) is 0.900. The minimum atomic E-state index is 0.246. The van der Waals surface area contributed by atoms with Crippen molar-refractivity contribution in [3.63, 3.8) is 0 Å². The number of hydrogen-bond donors (Lipinski definition) is 0. The lowest BCUT2D eigenvalue weighted by Gasteiger charge is -2.56. The number of amides is 1. The number of aryl methyl sites for hydroxylation is 1. The van der Waals surface area contributed by atoms with Gasteiger partial charge in [-0.1, -0.05) is 11.8 Å². The van der Waals surface area contributed by atoms with Gasteiger partial charge in [-0.25, -0.2) is 9.97 Å². The zero-order valence-electron chi connectivity index (χ0n) is 15.8. The summed E-state index contributed by atoms with van der Waals surface area (Å²) >= 11 is 1.59. The van der Waals surface area contributed by atoms with Crippen LogP contribution >= 0.6 is 11.8 Å². The largest absolute Gasteiger partial charge is 0.378 e. The molecule has 7 nitrogen and oxygen atoms in total. The number of fused-ring (bicyclic) bond motifs is 2. The molecule has 4 aliphatic rings. The molecular formula is C18H27N5O2S. The molecule has 0 aliphatic carbocycles. The van der Waals surface area contributed by atoms with Gasteiger partial charge < -0.3 is 14.5 Å². The summed E-state index contributed by atoms with van der Waals surface area (Å²) in [5, 5.41) is 0.835. The molecule has 142 valence electrons. The predicted octanol–water partition coefficient (Wildman–Crippen LogP) is 0.937. The fourth-order valence-electron chi connectivity index (χ4n) is 4.17. The van der Waals surface area contributed by atoms with Gasteiger partial charge in [0.15, 0.2) is 5.16 Å². The lowest BCUT2D eigenvalue weighted by atomic mass is 9.87. The topological polar surface area (TPSA) is 61.8 Å². The molecular weight excluding hydrogens is 350 g/mol. The molecule has 0 N–H and O–H groups in total. The highest BCUT2D eigenvalue weighted by molar-refractivity contribution is 7.98. The molecule has 0 saturated carbocycles. The second-order valence-corrected chi connectivity index (χ2v) is 8.13. The van der Waals surface area contributed by atoms with E-state index in [1.807, 2.05) is 11.2 Å². The summed E-state index contributed by atoms with van der Waals surface area (Å²) in [6.07, 6.45) is 3.20. The van der Waals surface area contributed by atoms with E-state index in [-0.39, 0.29) is 5.91 Å². The molecule has 2 atom stereocenters. The molecule has 5 rings (SSSR count). The Labute approximate surface area is 159 Å². The number of carbonyl (C=O) groups excluding carboxylic acids is 1. The molecule has 8 heteroatoms. The second kappa shape index (κ2) is 7.32. The van der Waals surface area contributed by atoms with Gasteiger partial charge in [0.05, 0.1) is 19.8 Å². The number of rotatable bonds is 4. The molecule has 2 unspecified atom stereocenters. The van der Waals surface area contributed by atoms with Crippen LogP contribution in [-0.4, -0.2) is 90.0 Å². The van der Waals surface area contributed by atoms with E-state index in [4.69, 9.17) is 9.72 Å². The van der Waals surface area contributed by atoms with Crippen LogP contribution in [0.5, 0.6) is 0 Å². The highest BCUT2D eigenvalue weighted by atomic mass is 32.2. The van der Waals surface area contributed by atoms with E-state index in [2.05, 4.69) is 28.6 Å². The molecule has 0 spiro atoms. The Morgan fingerprint density at radius 3 is 2.54 bits per heavy atom. The van der Waals surface area contributed by atoms with Crippen molar-refractivity contribution >= 4 is 23.5 Å². The average molecular weight is 378 g/mol. The average Bonchev–Trinajstić information content (AvgIpc) is 2.68. The number of nitrogens with zero attached hydrogens (tertiary/aromatic N) is 5. The Bertz CT molecular complexity index is 682. The second-order valence-electron chi connectivity index (χ2n) is 7.36. The molecule has 4 saturated heterocycles. The first-order chi connectivity index (χ1) is 12.6. The molecule has 1 aromatic rings. The van der Waals surface area contributed by atoms with Gasteiger partial charge in [0.2, 0.25) is 5.91 Å². The van der Waals surface area contributed by atoms with Crippen LogP contribution in [-0.2, 0) is 9.53 Å². The van der Waals surface area contributed by atoms with Crippen LogP contribution in [0.25, 0.3) is 0 Å². The molecule has 0 aromatic carbocycles. The molecule has 4 fully saturated rings. The van der Waals surface area contributed by atoms with Crippen molar-refractivity contribution in [2.24, 2.45) is 0 Å².